The molecule has 0 unspecified atom stereocenters. The lowest BCUT2D eigenvalue weighted by atomic mass is 9.68. The van der Waals surface area contributed by atoms with Crippen LogP contribution in [-0.4, -0.2) is 57.2 Å². The number of likely N-dealkylation sites (tertiary alicyclic amines) is 1. The summed E-state index contributed by atoms with van der Waals surface area (Å²) < 4.78 is 0. The average molecular weight is 528 g/mol. The summed E-state index contributed by atoms with van der Waals surface area (Å²) in [6.45, 7) is 7.50. The van der Waals surface area contributed by atoms with E-state index < -0.39 is 23.8 Å². The van der Waals surface area contributed by atoms with Crippen LogP contribution in [0, 0.1) is 29.6 Å². The fourth-order valence-electron chi connectivity index (χ4n) is 7.39. The molecule has 0 radical (unpaired) electrons. The predicted molar refractivity (Wildman–Crippen MR) is 137 cm³/mol. The van der Waals surface area contributed by atoms with Gasteiger partial charge in [-0.3, -0.25) is 19.3 Å². The van der Waals surface area contributed by atoms with Crippen LogP contribution in [0.1, 0.15) is 43.6 Å². The summed E-state index contributed by atoms with van der Waals surface area (Å²) in [6, 6.07) is 7.38. The molecule has 1 aromatic carbocycles. The topological polar surface area (TPSA) is 111 Å². The number of hydrogen-bond acceptors (Lipinski definition) is 7. The minimum atomic E-state index is -1.17. The highest BCUT2D eigenvalue weighted by Crippen LogP contribution is 2.68. The number of aliphatic carboxylic acids is 1. The second kappa shape index (κ2) is 8.48. The van der Waals surface area contributed by atoms with Crippen LogP contribution in [0.15, 0.2) is 34.1 Å². The number of amides is 2. The smallest absolute Gasteiger partial charge is 0.326 e. The van der Waals surface area contributed by atoms with Crippen molar-refractivity contribution in [3.05, 3.63) is 44.4 Å². The summed E-state index contributed by atoms with van der Waals surface area (Å²) in [7, 11) is 0. The number of carbonyl (C=O) groups excluding carboxylic acids is 2. The zero-order valence-corrected chi connectivity index (χ0v) is 22.0. The van der Waals surface area contributed by atoms with Crippen molar-refractivity contribution in [1.82, 2.24) is 9.88 Å². The number of hydrogen-bond donors (Lipinski definition) is 2. The molecule has 2 saturated carbocycles. The predicted octanol–water partition coefficient (Wildman–Crippen LogP) is 3.23. The summed E-state index contributed by atoms with van der Waals surface area (Å²) in [4.78, 5) is 58.1. The first kappa shape index (κ1) is 23.8. The first-order chi connectivity index (χ1) is 17.3. The molecular formula is C26H29N3O5S2. The van der Waals surface area contributed by atoms with E-state index >= 15 is 0 Å². The number of nitrogens with zero attached hydrogens (tertiary/aromatic N) is 2. The molecule has 8 nitrogen and oxygen atoms in total. The lowest BCUT2D eigenvalue weighted by molar-refractivity contribution is -0.154. The zero-order chi connectivity index (χ0) is 25.5. The number of H-pyrrole nitrogens is 1. The van der Waals surface area contributed by atoms with E-state index in [1.807, 2.05) is 0 Å². The van der Waals surface area contributed by atoms with Crippen molar-refractivity contribution in [2.75, 3.05) is 18.0 Å². The fraction of sp³-hybridized carbons (Fsp3) is 0.538. The van der Waals surface area contributed by atoms with E-state index in [1.54, 1.807) is 11.8 Å². The number of thiazole rings is 1. The molecule has 10 heteroatoms. The van der Waals surface area contributed by atoms with Gasteiger partial charge < -0.3 is 15.0 Å². The van der Waals surface area contributed by atoms with Crippen LogP contribution in [-0.2, 0) is 14.4 Å². The Bertz CT molecular complexity index is 1300. The summed E-state index contributed by atoms with van der Waals surface area (Å²) in [5.41, 5.74) is 2.27. The Labute approximate surface area is 217 Å². The number of thioether (sulfide) groups is 1. The number of imide groups is 1. The Morgan fingerprint density at radius 3 is 2.36 bits per heavy atom. The van der Waals surface area contributed by atoms with Crippen molar-refractivity contribution in [3.8, 4) is 0 Å². The van der Waals surface area contributed by atoms with E-state index in [4.69, 9.17) is 0 Å². The lowest BCUT2D eigenvalue weighted by Gasteiger charge is -2.43. The molecule has 2 N–H and O–H groups in total. The molecule has 2 aliphatic heterocycles. The van der Waals surface area contributed by atoms with Gasteiger partial charge in [-0.2, -0.15) is 0 Å². The van der Waals surface area contributed by atoms with Crippen LogP contribution in [0.5, 0.6) is 0 Å². The second-order valence-electron chi connectivity index (χ2n) is 10.3. The normalized spacial score (nSPS) is 32.9. The third-order valence-corrected chi connectivity index (χ3v) is 11.5. The number of carboxylic acids is 1. The summed E-state index contributed by atoms with van der Waals surface area (Å²) in [5, 5.41) is 10.5. The Morgan fingerprint density at radius 2 is 1.75 bits per heavy atom. The largest absolute Gasteiger partial charge is 0.480 e. The zero-order valence-electron chi connectivity index (χ0n) is 20.3. The van der Waals surface area contributed by atoms with Crippen molar-refractivity contribution in [1.29, 1.82) is 0 Å². The van der Waals surface area contributed by atoms with E-state index in [9.17, 15) is 24.3 Å². The van der Waals surface area contributed by atoms with Crippen LogP contribution < -0.4 is 9.77 Å². The van der Waals surface area contributed by atoms with Gasteiger partial charge in [0.2, 0.25) is 11.8 Å². The van der Waals surface area contributed by atoms with Crippen LogP contribution in [0.4, 0.5) is 5.69 Å². The van der Waals surface area contributed by atoms with Crippen LogP contribution in [0.2, 0.25) is 0 Å². The highest BCUT2D eigenvalue weighted by molar-refractivity contribution is 8.00. The molecule has 3 fully saturated rings. The van der Waals surface area contributed by atoms with Gasteiger partial charge >= 0.3 is 10.8 Å². The maximum absolute atomic E-state index is 13.5. The summed E-state index contributed by atoms with van der Waals surface area (Å²) >= 11 is 2.88. The SMILES string of the molecule is CCN(CC)c1ccc([C@H]2c3sc(=O)[nH]c3S[C@@H]3[C@@H]4C[C@H]([C@H]5C(=O)N([C@@H](C)C(=O)O)C(=O)[C@H]45)[C@H]23)cc1. The third kappa shape index (κ3) is 3.19. The molecule has 36 heavy (non-hydrogen) atoms. The minimum absolute atomic E-state index is 0.00792. The molecule has 190 valence electrons. The number of aromatic nitrogens is 1. The molecule has 1 saturated heterocycles. The molecule has 6 rings (SSSR count). The molecule has 0 spiro atoms. The second-order valence-corrected chi connectivity index (χ2v) is 12.5. The van der Waals surface area contributed by atoms with E-state index in [0.717, 1.165) is 45.6 Å². The minimum Gasteiger partial charge on any atom is -0.480 e. The molecule has 3 heterocycles. The molecule has 8 atom stereocenters. The molecule has 2 aliphatic carbocycles. The van der Waals surface area contributed by atoms with Gasteiger partial charge in [0, 0.05) is 34.8 Å². The van der Waals surface area contributed by atoms with Gasteiger partial charge in [0.15, 0.2) is 0 Å². The summed E-state index contributed by atoms with van der Waals surface area (Å²) in [6.07, 6.45) is 0.789. The Kier molecular flexibility index (Phi) is 5.60. The number of aromatic amines is 1. The van der Waals surface area contributed by atoms with Gasteiger partial charge in [0.25, 0.3) is 0 Å². The van der Waals surface area contributed by atoms with Crippen LogP contribution in [0.25, 0.3) is 0 Å². The van der Waals surface area contributed by atoms with E-state index in [0.29, 0.717) is 0 Å². The third-order valence-electron chi connectivity index (χ3n) is 8.88. The maximum Gasteiger partial charge on any atom is 0.326 e. The van der Waals surface area contributed by atoms with Crippen LogP contribution in [0.3, 0.4) is 0 Å². The highest BCUT2D eigenvalue weighted by atomic mass is 32.2. The number of benzene rings is 1. The van der Waals surface area contributed by atoms with Gasteiger partial charge in [-0.1, -0.05) is 23.5 Å². The molecular weight excluding hydrogens is 498 g/mol. The fourth-order valence-corrected chi connectivity index (χ4v) is 10.3. The van der Waals surface area contributed by atoms with Gasteiger partial charge in [0.05, 0.1) is 16.9 Å². The highest BCUT2D eigenvalue weighted by Gasteiger charge is 2.70. The number of carboxylic acid groups (broad SMARTS) is 1. The Morgan fingerprint density at radius 1 is 1.11 bits per heavy atom. The van der Waals surface area contributed by atoms with Crippen molar-refractivity contribution < 1.29 is 19.5 Å². The molecule has 4 aliphatic rings. The van der Waals surface area contributed by atoms with Crippen molar-refractivity contribution in [2.45, 2.75) is 49.4 Å². The first-order valence-electron chi connectivity index (χ1n) is 12.6. The van der Waals surface area contributed by atoms with Crippen molar-refractivity contribution >= 4 is 46.6 Å². The monoisotopic (exact) mass is 527 g/mol. The van der Waals surface area contributed by atoms with E-state index in [1.165, 1.54) is 18.3 Å². The Balaban J connectivity index is 1.41. The Hall–Kier alpha value is -2.59. The number of carbonyl (C=O) groups is 3. The lowest BCUT2D eigenvalue weighted by Crippen LogP contribution is -2.44. The van der Waals surface area contributed by atoms with Gasteiger partial charge in [0.1, 0.15) is 6.04 Å². The van der Waals surface area contributed by atoms with E-state index in [2.05, 4.69) is 48.0 Å². The number of anilines is 1. The average Bonchev–Trinajstić information content (AvgIpc) is 3.58. The van der Waals surface area contributed by atoms with Crippen LogP contribution >= 0.6 is 23.1 Å². The quantitative estimate of drug-likeness (QED) is 0.555. The van der Waals surface area contributed by atoms with Gasteiger partial charge in [-0.15, -0.1) is 11.8 Å². The molecule has 2 amide bonds. The van der Waals surface area contributed by atoms with Gasteiger partial charge in [-0.05, 0) is 62.6 Å². The number of nitrogens with one attached hydrogen (secondary N) is 1. The molecule has 2 aromatic rings. The standard InChI is InChI=1S/C26H29N3O5S2/c1-4-28(5-2)13-8-6-12(7-9-13)16-17-14-10-15(20(17)35-22-21(16)36-26(34)27-22)19-18(14)23(30)29(24(19)31)11(3)25(32)33/h6-9,11,14-20H,4-5,10H2,1-3H3,(H,27,34)(H,32,33)/t11-,14-,15+,16+,17+,18+,19+,20+/m0/s1. The first-order valence-corrected chi connectivity index (χ1v) is 14.3. The van der Waals surface area contributed by atoms with E-state index in [-0.39, 0.29) is 45.6 Å². The molecule has 1 aromatic heterocycles. The summed E-state index contributed by atoms with van der Waals surface area (Å²) in [5.74, 6) is -2.72. The number of rotatable bonds is 6. The van der Waals surface area contributed by atoms with Crippen molar-refractivity contribution in [3.63, 3.8) is 0 Å². The molecule has 2 bridgehead atoms. The maximum atomic E-state index is 13.5. The number of fused-ring (bicyclic) bond motifs is 9. The van der Waals surface area contributed by atoms with Crippen molar-refractivity contribution in [2.24, 2.45) is 29.6 Å². The van der Waals surface area contributed by atoms with Gasteiger partial charge in [-0.25, -0.2) is 4.79 Å².